The highest BCUT2D eigenvalue weighted by Crippen LogP contribution is 2.22. The lowest BCUT2D eigenvalue weighted by Gasteiger charge is -2.09. The topological polar surface area (TPSA) is 67.1 Å². The summed E-state index contributed by atoms with van der Waals surface area (Å²) < 4.78 is 1.96. The van der Waals surface area contributed by atoms with Crippen molar-refractivity contribution in [2.45, 2.75) is 32.2 Å². The minimum absolute atomic E-state index is 0.136. The molecule has 2 N–H and O–H groups in total. The molecule has 3 aromatic rings. The Morgan fingerprint density at radius 2 is 1.96 bits per heavy atom. The quantitative estimate of drug-likeness (QED) is 0.560. The Balaban J connectivity index is 1.65. The van der Waals surface area contributed by atoms with E-state index in [4.69, 9.17) is 11.6 Å². The van der Waals surface area contributed by atoms with Gasteiger partial charge in [0.2, 0.25) is 5.91 Å². The van der Waals surface area contributed by atoms with Crippen LogP contribution < -0.4 is 5.32 Å². The van der Waals surface area contributed by atoms with Crippen molar-refractivity contribution in [2.24, 2.45) is 0 Å². The number of carbonyl (C=O) groups excluding carboxylic acids is 1. The largest absolute Gasteiger partial charge is 0.390 e. The van der Waals surface area contributed by atoms with Gasteiger partial charge in [-0.2, -0.15) is 0 Å². The summed E-state index contributed by atoms with van der Waals surface area (Å²) in [6.45, 7) is 4.45. The van der Waals surface area contributed by atoms with Gasteiger partial charge in [-0.3, -0.25) is 4.79 Å². The summed E-state index contributed by atoms with van der Waals surface area (Å²) in [5.74, 6) is 0.0710. The second kappa shape index (κ2) is 9.28. The first-order valence-corrected chi connectivity index (χ1v) is 10.2. The molecular weight excluding hydrogens is 394 g/mol. The van der Waals surface area contributed by atoms with Crippen LogP contribution in [0.3, 0.4) is 0 Å². The van der Waals surface area contributed by atoms with Crippen molar-refractivity contribution in [3.8, 4) is 0 Å². The Hall–Kier alpha value is -2.28. The number of aliphatic hydroxyl groups is 1. The van der Waals surface area contributed by atoms with Gasteiger partial charge in [-0.15, -0.1) is 0 Å². The van der Waals surface area contributed by atoms with Crippen molar-refractivity contribution >= 4 is 35.0 Å². The fourth-order valence-electron chi connectivity index (χ4n) is 2.64. The van der Waals surface area contributed by atoms with Gasteiger partial charge in [0.1, 0.15) is 0 Å². The van der Waals surface area contributed by atoms with Crippen LogP contribution in [0.1, 0.15) is 22.4 Å². The lowest BCUT2D eigenvalue weighted by Crippen LogP contribution is -2.14. The molecule has 0 fully saturated rings. The van der Waals surface area contributed by atoms with Gasteiger partial charge in [0.05, 0.1) is 18.1 Å². The van der Waals surface area contributed by atoms with Crippen LogP contribution in [-0.4, -0.2) is 26.3 Å². The Bertz CT molecular complexity index is 970. The number of aliphatic hydroxyl groups excluding tert-OH is 1. The van der Waals surface area contributed by atoms with Crippen molar-refractivity contribution in [3.05, 3.63) is 76.1 Å². The molecule has 146 valence electrons. The molecule has 3 rings (SSSR count). The van der Waals surface area contributed by atoms with Gasteiger partial charge in [0.25, 0.3) is 0 Å². The molecule has 0 saturated carbocycles. The van der Waals surface area contributed by atoms with Crippen LogP contribution in [0.5, 0.6) is 0 Å². The molecule has 0 unspecified atom stereocenters. The summed E-state index contributed by atoms with van der Waals surface area (Å²) in [6, 6.07) is 13.7. The first-order chi connectivity index (χ1) is 13.4. The Labute approximate surface area is 173 Å². The molecule has 0 aliphatic rings. The summed E-state index contributed by atoms with van der Waals surface area (Å²) in [6.07, 6.45) is 1.82. The SMILES string of the molecule is Cc1ccc(Cn2cc(CO)nc2SCC(=O)Nc2ccc(C)c(Cl)c2)cc1. The summed E-state index contributed by atoms with van der Waals surface area (Å²) in [4.78, 5) is 16.7. The monoisotopic (exact) mass is 415 g/mol. The maximum atomic E-state index is 12.3. The van der Waals surface area contributed by atoms with Crippen LogP contribution in [0, 0.1) is 13.8 Å². The molecule has 5 nitrogen and oxygen atoms in total. The number of nitrogens with one attached hydrogen (secondary N) is 1. The van der Waals surface area contributed by atoms with Crippen LogP contribution in [0.2, 0.25) is 5.02 Å². The van der Waals surface area contributed by atoms with E-state index in [1.165, 1.54) is 17.3 Å². The molecule has 7 heteroatoms. The number of aromatic nitrogens is 2. The number of thioether (sulfide) groups is 1. The summed E-state index contributed by atoms with van der Waals surface area (Å²) in [5, 5.41) is 13.6. The molecule has 0 saturated heterocycles. The fourth-order valence-corrected chi connectivity index (χ4v) is 3.62. The number of hydrogen-bond acceptors (Lipinski definition) is 4. The van der Waals surface area contributed by atoms with E-state index in [9.17, 15) is 9.90 Å². The van der Waals surface area contributed by atoms with Crippen LogP contribution in [0.4, 0.5) is 5.69 Å². The normalized spacial score (nSPS) is 10.9. The van der Waals surface area contributed by atoms with Crippen molar-refractivity contribution in [1.29, 1.82) is 0 Å². The van der Waals surface area contributed by atoms with Crippen molar-refractivity contribution in [2.75, 3.05) is 11.1 Å². The number of anilines is 1. The first-order valence-electron chi connectivity index (χ1n) is 8.86. The highest BCUT2D eigenvalue weighted by atomic mass is 35.5. The van der Waals surface area contributed by atoms with Gasteiger partial charge in [-0.1, -0.05) is 59.3 Å². The predicted octanol–water partition coefficient (Wildman–Crippen LogP) is 4.42. The molecule has 0 atom stereocenters. The highest BCUT2D eigenvalue weighted by molar-refractivity contribution is 7.99. The minimum atomic E-state index is -0.139. The third-order valence-electron chi connectivity index (χ3n) is 4.21. The van der Waals surface area contributed by atoms with Crippen LogP contribution in [0.15, 0.2) is 53.8 Å². The van der Waals surface area contributed by atoms with Gasteiger partial charge in [-0.25, -0.2) is 4.98 Å². The molecule has 0 bridgehead atoms. The standard InChI is InChI=1S/C21H22ClN3O2S/c1-14-3-6-16(7-4-14)10-25-11-18(12-26)24-21(25)28-13-20(27)23-17-8-5-15(2)19(22)9-17/h3-9,11,26H,10,12-13H2,1-2H3,(H,23,27). The molecule has 1 amide bonds. The zero-order valence-electron chi connectivity index (χ0n) is 15.8. The van der Waals surface area contributed by atoms with E-state index >= 15 is 0 Å². The summed E-state index contributed by atoms with van der Waals surface area (Å²) in [5.41, 5.74) is 4.55. The number of imidazole rings is 1. The molecule has 1 aromatic heterocycles. The van der Waals surface area contributed by atoms with Crippen molar-refractivity contribution in [1.82, 2.24) is 9.55 Å². The Morgan fingerprint density at radius 1 is 1.21 bits per heavy atom. The zero-order valence-corrected chi connectivity index (χ0v) is 17.3. The van der Waals surface area contributed by atoms with E-state index in [1.807, 2.05) is 36.7 Å². The molecule has 0 aliphatic heterocycles. The first kappa shape index (κ1) is 20.5. The van der Waals surface area contributed by atoms with Crippen LogP contribution >= 0.6 is 23.4 Å². The van der Waals surface area contributed by atoms with E-state index in [0.29, 0.717) is 28.1 Å². The summed E-state index contributed by atoms with van der Waals surface area (Å²) >= 11 is 7.44. The molecule has 2 aromatic carbocycles. The Kier molecular flexibility index (Phi) is 6.78. The molecular formula is C21H22ClN3O2S. The minimum Gasteiger partial charge on any atom is -0.390 e. The lowest BCUT2D eigenvalue weighted by atomic mass is 10.1. The molecule has 0 spiro atoms. The van der Waals surface area contributed by atoms with E-state index < -0.39 is 0 Å². The fraction of sp³-hybridized carbons (Fsp3) is 0.238. The number of aryl methyl sites for hydroxylation is 2. The van der Waals surface area contributed by atoms with E-state index in [0.717, 1.165) is 11.1 Å². The molecule has 0 aliphatic carbocycles. The smallest absolute Gasteiger partial charge is 0.234 e. The number of halogens is 1. The second-order valence-electron chi connectivity index (χ2n) is 6.59. The highest BCUT2D eigenvalue weighted by Gasteiger charge is 2.12. The number of benzene rings is 2. The van der Waals surface area contributed by atoms with Gasteiger partial charge >= 0.3 is 0 Å². The van der Waals surface area contributed by atoms with Crippen molar-refractivity contribution in [3.63, 3.8) is 0 Å². The number of rotatable bonds is 7. The average Bonchev–Trinajstić information content (AvgIpc) is 3.07. The van der Waals surface area contributed by atoms with Gasteiger partial charge in [0, 0.05) is 23.5 Å². The average molecular weight is 416 g/mol. The maximum absolute atomic E-state index is 12.3. The molecule has 28 heavy (non-hydrogen) atoms. The van der Waals surface area contributed by atoms with E-state index in [2.05, 4.69) is 34.6 Å². The summed E-state index contributed by atoms with van der Waals surface area (Å²) in [7, 11) is 0. The van der Waals surface area contributed by atoms with E-state index in [1.54, 1.807) is 6.07 Å². The predicted molar refractivity (Wildman–Crippen MR) is 114 cm³/mol. The number of hydrogen-bond donors (Lipinski definition) is 2. The van der Waals surface area contributed by atoms with Gasteiger partial charge < -0.3 is 15.0 Å². The number of carbonyl (C=O) groups is 1. The van der Waals surface area contributed by atoms with Crippen molar-refractivity contribution < 1.29 is 9.90 Å². The van der Waals surface area contributed by atoms with E-state index in [-0.39, 0.29) is 18.3 Å². The molecule has 1 heterocycles. The lowest BCUT2D eigenvalue weighted by molar-refractivity contribution is -0.113. The van der Waals surface area contributed by atoms with Crippen LogP contribution in [0.25, 0.3) is 0 Å². The third-order valence-corrected chi connectivity index (χ3v) is 5.61. The molecule has 0 radical (unpaired) electrons. The maximum Gasteiger partial charge on any atom is 0.234 e. The second-order valence-corrected chi connectivity index (χ2v) is 7.94. The van der Waals surface area contributed by atoms with Gasteiger partial charge in [-0.05, 0) is 37.1 Å². The number of amides is 1. The number of nitrogens with zero attached hydrogens (tertiary/aromatic N) is 2. The van der Waals surface area contributed by atoms with Crippen LogP contribution in [-0.2, 0) is 17.9 Å². The Morgan fingerprint density at radius 3 is 2.64 bits per heavy atom. The third kappa shape index (κ3) is 5.38. The zero-order chi connectivity index (χ0) is 20.1. The van der Waals surface area contributed by atoms with Gasteiger partial charge in [0.15, 0.2) is 5.16 Å².